The molecule has 4 rings (SSSR count). The number of anilines is 2. The van der Waals surface area contributed by atoms with Gasteiger partial charge < -0.3 is 10.5 Å². The Morgan fingerprint density at radius 2 is 1.88 bits per heavy atom. The SMILES string of the molecule is COc1ccc(S(=O)(=O)N2Cc3cccc(N)c3-c3sccc32)cc1. The number of benzene rings is 2. The van der Waals surface area contributed by atoms with Gasteiger partial charge in [0.1, 0.15) is 5.75 Å². The van der Waals surface area contributed by atoms with Crippen LogP contribution in [0.4, 0.5) is 11.4 Å². The van der Waals surface area contributed by atoms with E-state index in [4.69, 9.17) is 10.5 Å². The molecule has 7 heteroatoms. The lowest BCUT2D eigenvalue weighted by molar-refractivity contribution is 0.414. The van der Waals surface area contributed by atoms with Gasteiger partial charge >= 0.3 is 0 Å². The number of hydrogen-bond donors (Lipinski definition) is 1. The summed E-state index contributed by atoms with van der Waals surface area (Å²) in [7, 11) is -2.13. The molecule has 0 aliphatic carbocycles. The summed E-state index contributed by atoms with van der Waals surface area (Å²) in [6.45, 7) is 0.262. The van der Waals surface area contributed by atoms with Gasteiger partial charge in [-0.1, -0.05) is 12.1 Å². The number of methoxy groups -OCH3 is 1. The van der Waals surface area contributed by atoms with Crippen molar-refractivity contribution in [3.63, 3.8) is 0 Å². The Labute approximate surface area is 150 Å². The summed E-state index contributed by atoms with van der Waals surface area (Å²) in [5, 5.41) is 1.89. The van der Waals surface area contributed by atoms with Crippen molar-refractivity contribution in [2.75, 3.05) is 17.1 Å². The van der Waals surface area contributed by atoms with Crippen LogP contribution in [0.15, 0.2) is 58.8 Å². The molecule has 0 fully saturated rings. The third-order valence-corrected chi connectivity index (χ3v) is 6.98. The Bertz CT molecular complexity index is 1040. The minimum absolute atomic E-state index is 0.234. The highest BCUT2D eigenvalue weighted by Gasteiger charge is 2.33. The number of sulfonamides is 1. The number of fused-ring (bicyclic) bond motifs is 3. The van der Waals surface area contributed by atoms with Gasteiger partial charge in [-0.2, -0.15) is 0 Å². The first-order chi connectivity index (χ1) is 12.0. The van der Waals surface area contributed by atoms with E-state index in [9.17, 15) is 8.42 Å². The van der Waals surface area contributed by atoms with Gasteiger partial charge in [-0.05, 0) is 47.3 Å². The average Bonchev–Trinajstić information content (AvgIpc) is 3.10. The summed E-state index contributed by atoms with van der Waals surface area (Å²) in [6, 6.07) is 13.9. The number of nitrogen functional groups attached to an aromatic ring is 1. The molecule has 0 saturated heterocycles. The average molecular weight is 372 g/mol. The monoisotopic (exact) mass is 372 g/mol. The van der Waals surface area contributed by atoms with Gasteiger partial charge in [0.2, 0.25) is 0 Å². The van der Waals surface area contributed by atoms with Crippen molar-refractivity contribution in [3.05, 3.63) is 59.5 Å². The third kappa shape index (κ3) is 2.47. The molecule has 5 nitrogen and oxygen atoms in total. The Kier molecular flexibility index (Phi) is 3.70. The van der Waals surface area contributed by atoms with Gasteiger partial charge in [-0.15, -0.1) is 11.3 Å². The van der Waals surface area contributed by atoms with Crippen molar-refractivity contribution in [1.29, 1.82) is 0 Å². The summed E-state index contributed by atoms with van der Waals surface area (Å²) in [5.74, 6) is 0.618. The van der Waals surface area contributed by atoms with Crippen LogP contribution in [0.25, 0.3) is 10.4 Å². The maximum absolute atomic E-state index is 13.2. The predicted octanol–water partition coefficient (Wildman–Crippen LogP) is 3.71. The normalized spacial score (nSPS) is 13.2. The predicted molar refractivity (Wildman–Crippen MR) is 101 cm³/mol. The minimum Gasteiger partial charge on any atom is -0.497 e. The van der Waals surface area contributed by atoms with Crippen LogP contribution in [0, 0.1) is 0 Å². The maximum Gasteiger partial charge on any atom is 0.264 e. The molecule has 0 unspecified atom stereocenters. The first kappa shape index (κ1) is 16.0. The summed E-state index contributed by atoms with van der Waals surface area (Å²) in [5.41, 5.74) is 9.33. The van der Waals surface area contributed by atoms with E-state index in [0.29, 0.717) is 17.1 Å². The van der Waals surface area contributed by atoms with Crippen LogP contribution in [0.5, 0.6) is 5.75 Å². The molecular formula is C18H16N2O3S2. The fraction of sp³-hybridized carbons (Fsp3) is 0.111. The molecule has 0 atom stereocenters. The standard InChI is InChI=1S/C18H16N2O3S2/c1-23-13-5-7-14(8-6-13)25(21,22)20-11-12-3-2-4-15(19)17(12)18-16(20)9-10-24-18/h2-10H,11,19H2,1H3. The second-order valence-electron chi connectivity index (χ2n) is 5.70. The molecule has 25 heavy (non-hydrogen) atoms. The molecule has 1 aliphatic heterocycles. The van der Waals surface area contributed by atoms with Crippen molar-refractivity contribution < 1.29 is 13.2 Å². The maximum atomic E-state index is 13.2. The van der Waals surface area contributed by atoms with Gasteiger partial charge in [0, 0.05) is 11.3 Å². The summed E-state index contributed by atoms with van der Waals surface area (Å²) < 4.78 is 33.0. The summed E-state index contributed by atoms with van der Waals surface area (Å²) in [6.07, 6.45) is 0. The number of ether oxygens (including phenoxy) is 1. The molecule has 0 amide bonds. The van der Waals surface area contributed by atoms with Crippen LogP contribution in [0.3, 0.4) is 0 Å². The van der Waals surface area contributed by atoms with Gasteiger partial charge in [0.05, 0.1) is 29.1 Å². The van der Waals surface area contributed by atoms with Crippen molar-refractivity contribution in [3.8, 4) is 16.2 Å². The van der Waals surface area contributed by atoms with E-state index in [1.165, 1.54) is 15.6 Å². The quantitative estimate of drug-likeness (QED) is 0.711. The molecule has 2 aromatic carbocycles. The molecule has 3 aromatic rings. The number of rotatable bonds is 3. The summed E-state index contributed by atoms with van der Waals surface area (Å²) in [4.78, 5) is 1.12. The Hall–Kier alpha value is -2.51. The van der Waals surface area contributed by atoms with Gasteiger partial charge in [-0.3, -0.25) is 4.31 Å². The van der Waals surface area contributed by atoms with E-state index in [2.05, 4.69) is 0 Å². The molecular weight excluding hydrogens is 356 g/mol. The lowest BCUT2D eigenvalue weighted by Crippen LogP contribution is -2.32. The largest absolute Gasteiger partial charge is 0.497 e. The van der Waals surface area contributed by atoms with Crippen molar-refractivity contribution >= 4 is 32.7 Å². The summed E-state index contributed by atoms with van der Waals surface area (Å²) >= 11 is 1.50. The lowest BCUT2D eigenvalue weighted by atomic mass is 10.00. The first-order valence-corrected chi connectivity index (χ1v) is 9.96. The van der Waals surface area contributed by atoms with Crippen LogP contribution in [0.1, 0.15) is 5.56 Å². The second kappa shape index (κ2) is 5.79. The Morgan fingerprint density at radius 3 is 2.60 bits per heavy atom. The number of hydrogen-bond acceptors (Lipinski definition) is 5. The Morgan fingerprint density at radius 1 is 1.12 bits per heavy atom. The molecule has 128 valence electrons. The number of thiophene rings is 1. The zero-order chi connectivity index (χ0) is 17.6. The molecule has 1 aromatic heterocycles. The molecule has 1 aliphatic rings. The van der Waals surface area contributed by atoms with Crippen molar-refractivity contribution in [2.45, 2.75) is 11.4 Å². The van der Waals surface area contributed by atoms with Crippen LogP contribution in [-0.4, -0.2) is 15.5 Å². The second-order valence-corrected chi connectivity index (χ2v) is 8.48. The molecule has 0 bridgehead atoms. The van der Waals surface area contributed by atoms with E-state index in [-0.39, 0.29) is 11.4 Å². The number of nitrogens with zero attached hydrogens (tertiary/aromatic N) is 1. The van der Waals surface area contributed by atoms with E-state index in [0.717, 1.165) is 16.0 Å². The number of nitrogens with two attached hydrogens (primary N) is 1. The van der Waals surface area contributed by atoms with Crippen molar-refractivity contribution in [1.82, 2.24) is 0 Å². The van der Waals surface area contributed by atoms with Crippen LogP contribution < -0.4 is 14.8 Å². The fourth-order valence-electron chi connectivity index (χ4n) is 3.04. The van der Waals surface area contributed by atoms with Crippen molar-refractivity contribution in [2.24, 2.45) is 0 Å². The molecule has 2 heterocycles. The van der Waals surface area contributed by atoms with Gasteiger partial charge in [0.15, 0.2) is 0 Å². The highest BCUT2D eigenvalue weighted by atomic mass is 32.2. The van der Waals surface area contributed by atoms with Crippen LogP contribution in [0.2, 0.25) is 0 Å². The lowest BCUT2D eigenvalue weighted by Gasteiger charge is -2.30. The van der Waals surface area contributed by atoms with E-state index in [1.807, 2.05) is 29.6 Å². The van der Waals surface area contributed by atoms with E-state index in [1.54, 1.807) is 31.4 Å². The smallest absolute Gasteiger partial charge is 0.264 e. The van der Waals surface area contributed by atoms with E-state index >= 15 is 0 Å². The Balaban J connectivity index is 1.84. The molecule has 2 N–H and O–H groups in total. The van der Waals surface area contributed by atoms with Gasteiger partial charge in [-0.25, -0.2) is 8.42 Å². The molecule has 0 saturated carbocycles. The fourth-order valence-corrected chi connectivity index (χ4v) is 5.56. The molecule has 0 radical (unpaired) electrons. The molecule has 0 spiro atoms. The zero-order valence-electron chi connectivity index (χ0n) is 13.5. The first-order valence-electron chi connectivity index (χ1n) is 7.64. The highest BCUT2D eigenvalue weighted by Crippen LogP contribution is 2.47. The zero-order valence-corrected chi connectivity index (χ0v) is 15.1. The highest BCUT2D eigenvalue weighted by molar-refractivity contribution is 7.92. The topological polar surface area (TPSA) is 72.6 Å². The minimum atomic E-state index is -3.68. The van der Waals surface area contributed by atoms with Crippen LogP contribution in [-0.2, 0) is 16.6 Å². The van der Waals surface area contributed by atoms with Crippen LogP contribution >= 0.6 is 11.3 Å². The van der Waals surface area contributed by atoms with E-state index < -0.39 is 10.0 Å². The van der Waals surface area contributed by atoms with Gasteiger partial charge in [0.25, 0.3) is 10.0 Å². The third-order valence-electron chi connectivity index (χ3n) is 4.28.